The molecule has 4 aliphatic rings. The van der Waals surface area contributed by atoms with Crippen molar-refractivity contribution in [3.8, 4) is 0 Å². The van der Waals surface area contributed by atoms with Crippen molar-refractivity contribution < 1.29 is 4.39 Å². The molecule has 3 heteroatoms. The monoisotopic (exact) mass is 274 g/mol. The summed E-state index contributed by atoms with van der Waals surface area (Å²) in [6.07, 6.45) is 10.2. The average Bonchev–Trinajstić information content (AvgIpc) is 2.43. The van der Waals surface area contributed by atoms with Crippen molar-refractivity contribution in [3.63, 3.8) is 0 Å². The van der Waals surface area contributed by atoms with E-state index < -0.39 is 0 Å². The first-order chi connectivity index (χ1) is 9.79. The number of nitrogens with one attached hydrogen (secondary N) is 1. The van der Waals surface area contributed by atoms with Crippen LogP contribution >= 0.6 is 0 Å². The lowest BCUT2D eigenvalue weighted by molar-refractivity contribution is -0.0381. The second-order valence-corrected chi connectivity index (χ2v) is 7.14. The molecule has 0 spiro atoms. The van der Waals surface area contributed by atoms with Crippen molar-refractivity contribution in [1.82, 2.24) is 4.98 Å². The van der Waals surface area contributed by atoms with E-state index in [9.17, 15) is 4.39 Å². The Bertz CT molecular complexity index is 460. The Hall–Kier alpha value is -1.12. The van der Waals surface area contributed by atoms with Crippen molar-refractivity contribution in [1.29, 1.82) is 0 Å². The van der Waals surface area contributed by atoms with Crippen LogP contribution in [0.4, 0.5) is 10.2 Å². The molecular weight excluding hydrogens is 251 g/mol. The van der Waals surface area contributed by atoms with Crippen LogP contribution in [-0.4, -0.2) is 11.5 Å². The zero-order valence-electron chi connectivity index (χ0n) is 11.9. The molecule has 0 unspecified atom stereocenters. The van der Waals surface area contributed by atoms with Gasteiger partial charge in [-0.15, -0.1) is 0 Å². The molecule has 0 aromatic carbocycles. The third-order valence-electron chi connectivity index (χ3n) is 5.95. The van der Waals surface area contributed by atoms with E-state index in [-0.39, 0.29) is 5.82 Å². The molecule has 0 radical (unpaired) electrons. The van der Waals surface area contributed by atoms with E-state index in [0.717, 1.165) is 36.1 Å². The zero-order chi connectivity index (χ0) is 13.5. The van der Waals surface area contributed by atoms with Crippen LogP contribution in [0.1, 0.15) is 38.5 Å². The maximum Gasteiger partial charge on any atom is 0.165 e. The van der Waals surface area contributed by atoms with E-state index in [1.165, 1.54) is 44.6 Å². The molecule has 4 bridgehead atoms. The predicted molar refractivity (Wildman–Crippen MR) is 77.8 cm³/mol. The van der Waals surface area contributed by atoms with E-state index in [4.69, 9.17) is 0 Å². The largest absolute Gasteiger partial charge is 0.368 e. The van der Waals surface area contributed by atoms with Crippen LogP contribution in [0.3, 0.4) is 0 Å². The van der Waals surface area contributed by atoms with E-state index in [0.29, 0.717) is 5.82 Å². The highest BCUT2D eigenvalue weighted by Crippen LogP contribution is 2.57. The molecule has 1 aromatic rings. The van der Waals surface area contributed by atoms with Crippen LogP contribution in [0.5, 0.6) is 0 Å². The molecule has 1 N–H and O–H groups in total. The second-order valence-electron chi connectivity index (χ2n) is 7.14. The minimum absolute atomic E-state index is 0.238. The molecule has 20 heavy (non-hydrogen) atoms. The van der Waals surface area contributed by atoms with Gasteiger partial charge in [0, 0.05) is 12.7 Å². The lowest BCUT2D eigenvalue weighted by Crippen LogP contribution is -2.45. The molecule has 1 aromatic heterocycles. The van der Waals surface area contributed by atoms with Gasteiger partial charge in [0.15, 0.2) is 11.6 Å². The first-order valence-corrected chi connectivity index (χ1v) is 8.14. The third kappa shape index (κ3) is 2.21. The van der Waals surface area contributed by atoms with Crippen molar-refractivity contribution in [2.75, 3.05) is 11.9 Å². The van der Waals surface area contributed by atoms with E-state index in [1.54, 1.807) is 12.3 Å². The Morgan fingerprint density at radius 3 is 2.45 bits per heavy atom. The predicted octanol–water partition coefficient (Wildman–Crippen LogP) is 4.10. The molecule has 2 nitrogen and oxygen atoms in total. The van der Waals surface area contributed by atoms with Crippen LogP contribution in [0.15, 0.2) is 18.3 Å². The van der Waals surface area contributed by atoms with Gasteiger partial charge in [0.05, 0.1) is 0 Å². The second kappa shape index (κ2) is 5.01. The number of anilines is 1. The Balaban J connectivity index is 1.35. The summed E-state index contributed by atoms with van der Waals surface area (Å²) < 4.78 is 13.5. The molecule has 0 atom stereocenters. The molecule has 0 amide bonds. The Kier molecular flexibility index (Phi) is 3.16. The summed E-state index contributed by atoms with van der Waals surface area (Å²) in [5.74, 6) is 5.05. The van der Waals surface area contributed by atoms with Gasteiger partial charge >= 0.3 is 0 Å². The number of nitrogens with zero attached hydrogens (tertiary/aromatic N) is 1. The van der Waals surface area contributed by atoms with Gasteiger partial charge in [0.25, 0.3) is 0 Å². The van der Waals surface area contributed by atoms with Crippen LogP contribution in [0, 0.1) is 35.4 Å². The third-order valence-corrected chi connectivity index (χ3v) is 5.95. The SMILES string of the molecule is Fc1cccnc1NCCC1C2CC3CC(C2)CC1C3. The molecule has 108 valence electrons. The standard InChI is InChI=1S/C17H23FN2/c18-16-2-1-4-19-17(16)20-5-3-15-13-7-11-6-12(9-13)10-14(15)8-11/h1-2,4,11-15H,3,5-10H2,(H,19,20). The lowest BCUT2D eigenvalue weighted by Gasteiger charge is -2.54. The summed E-state index contributed by atoms with van der Waals surface area (Å²) in [6.45, 7) is 0.862. The normalized spacial score (nSPS) is 38.1. The van der Waals surface area contributed by atoms with Crippen LogP contribution < -0.4 is 5.32 Å². The lowest BCUT2D eigenvalue weighted by atomic mass is 9.51. The first-order valence-electron chi connectivity index (χ1n) is 8.14. The van der Waals surface area contributed by atoms with Gasteiger partial charge in [-0.25, -0.2) is 9.37 Å². The Morgan fingerprint density at radius 1 is 1.10 bits per heavy atom. The zero-order valence-corrected chi connectivity index (χ0v) is 11.9. The van der Waals surface area contributed by atoms with E-state index >= 15 is 0 Å². The quantitative estimate of drug-likeness (QED) is 0.894. The molecule has 4 aliphatic carbocycles. The van der Waals surface area contributed by atoms with Gasteiger partial charge in [-0.2, -0.15) is 0 Å². The molecular formula is C17H23FN2. The highest BCUT2D eigenvalue weighted by Gasteiger charge is 2.47. The van der Waals surface area contributed by atoms with Gasteiger partial charge in [-0.1, -0.05) is 0 Å². The minimum Gasteiger partial charge on any atom is -0.368 e. The number of halogens is 1. The van der Waals surface area contributed by atoms with Crippen LogP contribution in [0.25, 0.3) is 0 Å². The highest BCUT2D eigenvalue weighted by atomic mass is 19.1. The summed E-state index contributed by atoms with van der Waals surface area (Å²) in [6, 6.07) is 3.11. The first kappa shape index (κ1) is 12.6. The van der Waals surface area contributed by atoms with E-state index in [2.05, 4.69) is 10.3 Å². The van der Waals surface area contributed by atoms with Crippen molar-refractivity contribution in [2.24, 2.45) is 29.6 Å². The number of rotatable bonds is 4. The number of hydrogen-bond acceptors (Lipinski definition) is 2. The van der Waals surface area contributed by atoms with E-state index in [1.807, 2.05) is 0 Å². The molecule has 0 saturated heterocycles. The molecule has 5 rings (SSSR count). The number of hydrogen-bond donors (Lipinski definition) is 1. The number of pyridine rings is 1. The van der Waals surface area contributed by atoms with Gasteiger partial charge < -0.3 is 5.32 Å². The maximum absolute atomic E-state index is 13.5. The highest BCUT2D eigenvalue weighted by molar-refractivity contribution is 5.35. The van der Waals surface area contributed by atoms with Gasteiger partial charge in [-0.05, 0) is 80.2 Å². The fourth-order valence-corrected chi connectivity index (χ4v) is 5.38. The van der Waals surface area contributed by atoms with Crippen molar-refractivity contribution >= 4 is 5.82 Å². The molecule has 1 heterocycles. The minimum atomic E-state index is -0.238. The van der Waals surface area contributed by atoms with Crippen molar-refractivity contribution in [3.05, 3.63) is 24.1 Å². The van der Waals surface area contributed by atoms with Crippen LogP contribution in [0.2, 0.25) is 0 Å². The summed E-state index contributed by atoms with van der Waals surface area (Å²) in [5.41, 5.74) is 0. The average molecular weight is 274 g/mol. The fraction of sp³-hybridized carbons (Fsp3) is 0.706. The molecule has 4 fully saturated rings. The van der Waals surface area contributed by atoms with Gasteiger partial charge in [0.2, 0.25) is 0 Å². The summed E-state index contributed by atoms with van der Waals surface area (Å²) >= 11 is 0. The fourth-order valence-electron chi connectivity index (χ4n) is 5.38. The number of aromatic nitrogens is 1. The maximum atomic E-state index is 13.5. The Labute approximate surface area is 120 Å². The summed E-state index contributed by atoms with van der Waals surface area (Å²) in [5, 5.41) is 3.19. The smallest absolute Gasteiger partial charge is 0.165 e. The topological polar surface area (TPSA) is 24.9 Å². The summed E-state index contributed by atoms with van der Waals surface area (Å²) in [4.78, 5) is 4.07. The van der Waals surface area contributed by atoms with Gasteiger partial charge in [-0.3, -0.25) is 0 Å². The Morgan fingerprint density at radius 2 is 1.80 bits per heavy atom. The van der Waals surface area contributed by atoms with Crippen LogP contribution in [-0.2, 0) is 0 Å². The molecule has 4 saturated carbocycles. The molecule has 0 aliphatic heterocycles. The van der Waals surface area contributed by atoms with Gasteiger partial charge in [0.1, 0.15) is 0 Å². The summed E-state index contributed by atoms with van der Waals surface area (Å²) in [7, 11) is 0. The van der Waals surface area contributed by atoms with Crippen molar-refractivity contribution in [2.45, 2.75) is 38.5 Å².